The maximum absolute atomic E-state index is 13.3. The molecular formula is C14H12F3N5O2. The van der Waals surface area contributed by atoms with Gasteiger partial charge in [-0.15, -0.1) is 5.10 Å². The summed E-state index contributed by atoms with van der Waals surface area (Å²) in [6, 6.07) is 3.59. The van der Waals surface area contributed by atoms with E-state index < -0.39 is 23.6 Å². The van der Waals surface area contributed by atoms with E-state index in [0.717, 1.165) is 6.07 Å². The van der Waals surface area contributed by atoms with Crippen LogP contribution in [-0.2, 0) is 6.18 Å². The molecule has 1 amide bonds. The normalized spacial score (nSPS) is 12.1. The molecule has 3 aromatic rings. The highest BCUT2D eigenvalue weighted by molar-refractivity contribution is 5.91. The highest BCUT2D eigenvalue weighted by Crippen LogP contribution is 2.31. The molecule has 0 aromatic carbocycles. The van der Waals surface area contributed by atoms with Crippen molar-refractivity contribution in [3.63, 3.8) is 0 Å². The first-order valence-electron chi connectivity index (χ1n) is 6.95. The van der Waals surface area contributed by atoms with Crippen LogP contribution in [0.15, 0.2) is 28.9 Å². The molecule has 3 aromatic heterocycles. The van der Waals surface area contributed by atoms with Crippen LogP contribution in [0.25, 0.3) is 17.2 Å². The van der Waals surface area contributed by atoms with Crippen LogP contribution in [-0.4, -0.2) is 31.5 Å². The van der Waals surface area contributed by atoms with E-state index in [4.69, 9.17) is 4.42 Å². The maximum atomic E-state index is 13.3. The number of halogens is 3. The van der Waals surface area contributed by atoms with Crippen molar-refractivity contribution in [2.75, 3.05) is 0 Å². The lowest BCUT2D eigenvalue weighted by atomic mass is 10.2. The summed E-state index contributed by atoms with van der Waals surface area (Å²) in [4.78, 5) is 19.7. The first kappa shape index (κ1) is 16.0. The smallest absolute Gasteiger partial charge is 0.433 e. The Bertz CT molecular complexity index is 884. The van der Waals surface area contributed by atoms with Crippen molar-refractivity contribution in [1.82, 2.24) is 24.9 Å². The van der Waals surface area contributed by atoms with Crippen LogP contribution < -0.4 is 5.32 Å². The van der Waals surface area contributed by atoms with Crippen LogP contribution in [0.2, 0.25) is 0 Å². The van der Waals surface area contributed by atoms with E-state index in [-0.39, 0.29) is 23.3 Å². The van der Waals surface area contributed by atoms with Gasteiger partial charge in [-0.3, -0.25) is 4.79 Å². The van der Waals surface area contributed by atoms with E-state index in [1.54, 1.807) is 13.8 Å². The van der Waals surface area contributed by atoms with Gasteiger partial charge < -0.3 is 9.73 Å². The molecule has 0 saturated heterocycles. The number of rotatable bonds is 3. The monoisotopic (exact) mass is 339 g/mol. The minimum atomic E-state index is -4.71. The standard InChI is InChI=1S/C14H12F3N5O2/c1-7(2)18-12(23)11-20-13-19-8(9-4-3-5-24-9)6-10(14(15,16)17)22(13)21-11/h3-7H,1-2H3,(H,18,23). The summed E-state index contributed by atoms with van der Waals surface area (Å²) < 4.78 is 45.5. The van der Waals surface area contributed by atoms with E-state index in [2.05, 4.69) is 20.4 Å². The quantitative estimate of drug-likeness (QED) is 0.792. The molecule has 0 unspecified atom stereocenters. The van der Waals surface area contributed by atoms with Crippen molar-refractivity contribution in [3.05, 3.63) is 36.0 Å². The van der Waals surface area contributed by atoms with E-state index in [1.807, 2.05) is 0 Å². The van der Waals surface area contributed by atoms with Gasteiger partial charge >= 0.3 is 6.18 Å². The van der Waals surface area contributed by atoms with Crippen molar-refractivity contribution in [2.24, 2.45) is 0 Å². The summed E-state index contributed by atoms with van der Waals surface area (Å²) >= 11 is 0. The van der Waals surface area contributed by atoms with Gasteiger partial charge in [-0.1, -0.05) is 0 Å². The van der Waals surface area contributed by atoms with Gasteiger partial charge in [0, 0.05) is 6.04 Å². The Morgan fingerprint density at radius 3 is 2.67 bits per heavy atom. The minimum Gasteiger partial charge on any atom is -0.463 e. The zero-order chi connectivity index (χ0) is 17.5. The predicted octanol–water partition coefficient (Wildman–Crippen LogP) is 2.54. The fourth-order valence-corrected chi connectivity index (χ4v) is 2.04. The van der Waals surface area contributed by atoms with Gasteiger partial charge in [-0.2, -0.15) is 22.7 Å². The number of fused-ring (bicyclic) bond motifs is 1. The average molecular weight is 339 g/mol. The summed E-state index contributed by atoms with van der Waals surface area (Å²) in [5.41, 5.74) is -1.15. The van der Waals surface area contributed by atoms with Crippen LogP contribution in [0.3, 0.4) is 0 Å². The van der Waals surface area contributed by atoms with Crippen LogP contribution in [0.4, 0.5) is 13.2 Å². The Kier molecular flexibility index (Phi) is 3.74. The molecule has 0 saturated carbocycles. The summed E-state index contributed by atoms with van der Waals surface area (Å²) in [5.74, 6) is -1.26. The summed E-state index contributed by atoms with van der Waals surface area (Å²) in [6.07, 6.45) is -3.39. The number of furan rings is 1. The molecule has 0 radical (unpaired) electrons. The number of carbonyl (C=O) groups excluding carboxylic acids is 1. The highest BCUT2D eigenvalue weighted by atomic mass is 19.4. The van der Waals surface area contributed by atoms with Gasteiger partial charge in [-0.25, -0.2) is 4.98 Å². The van der Waals surface area contributed by atoms with Crippen LogP contribution in [0.1, 0.15) is 30.2 Å². The zero-order valence-corrected chi connectivity index (χ0v) is 12.6. The Morgan fingerprint density at radius 2 is 2.08 bits per heavy atom. The molecule has 24 heavy (non-hydrogen) atoms. The molecule has 7 nitrogen and oxygen atoms in total. The van der Waals surface area contributed by atoms with Gasteiger partial charge in [0.05, 0.1) is 6.26 Å². The lowest BCUT2D eigenvalue weighted by Crippen LogP contribution is -2.31. The van der Waals surface area contributed by atoms with Crippen molar-refractivity contribution in [2.45, 2.75) is 26.1 Å². The molecule has 0 fully saturated rings. The second-order valence-corrected chi connectivity index (χ2v) is 5.28. The predicted molar refractivity (Wildman–Crippen MR) is 76.1 cm³/mol. The molecule has 0 atom stereocenters. The van der Waals surface area contributed by atoms with Gasteiger partial charge in [0.1, 0.15) is 5.69 Å². The molecule has 0 aliphatic carbocycles. The average Bonchev–Trinajstić information content (AvgIpc) is 3.13. The van der Waals surface area contributed by atoms with E-state index in [1.165, 1.54) is 18.4 Å². The van der Waals surface area contributed by atoms with Crippen molar-refractivity contribution in [3.8, 4) is 11.5 Å². The largest absolute Gasteiger partial charge is 0.463 e. The van der Waals surface area contributed by atoms with Crippen LogP contribution in [0, 0.1) is 0 Å². The summed E-state index contributed by atoms with van der Waals surface area (Å²) in [5, 5.41) is 6.15. The minimum absolute atomic E-state index is 0.0527. The Morgan fingerprint density at radius 1 is 1.33 bits per heavy atom. The first-order chi connectivity index (χ1) is 11.3. The topological polar surface area (TPSA) is 85.3 Å². The third-order valence-electron chi connectivity index (χ3n) is 3.00. The molecule has 3 heterocycles. The molecule has 0 aliphatic rings. The zero-order valence-electron chi connectivity index (χ0n) is 12.6. The molecule has 1 N–H and O–H groups in total. The lowest BCUT2D eigenvalue weighted by molar-refractivity contribution is -0.142. The molecule has 10 heteroatoms. The fraction of sp³-hybridized carbons (Fsp3) is 0.286. The third kappa shape index (κ3) is 2.94. The highest BCUT2D eigenvalue weighted by Gasteiger charge is 2.36. The number of amides is 1. The van der Waals surface area contributed by atoms with Crippen molar-refractivity contribution >= 4 is 11.7 Å². The number of aromatic nitrogens is 4. The first-order valence-corrected chi connectivity index (χ1v) is 6.95. The Hall–Kier alpha value is -2.91. The van der Waals surface area contributed by atoms with Crippen molar-refractivity contribution in [1.29, 1.82) is 0 Å². The number of alkyl halides is 3. The molecular weight excluding hydrogens is 327 g/mol. The summed E-state index contributed by atoms with van der Waals surface area (Å²) in [6.45, 7) is 3.42. The lowest BCUT2D eigenvalue weighted by Gasteiger charge is -2.09. The number of hydrogen-bond acceptors (Lipinski definition) is 5. The molecule has 0 aliphatic heterocycles. The fourth-order valence-electron chi connectivity index (χ4n) is 2.04. The van der Waals surface area contributed by atoms with Crippen molar-refractivity contribution < 1.29 is 22.4 Å². The molecule has 3 rings (SSSR count). The summed E-state index contributed by atoms with van der Waals surface area (Å²) in [7, 11) is 0. The number of carbonyl (C=O) groups is 1. The van der Waals surface area contributed by atoms with Gasteiger partial charge in [0.25, 0.3) is 11.7 Å². The number of nitrogens with zero attached hydrogens (tertiary/aromatic N) is 4. The second kappa shape index (κ2) is 5.62. The molecule has 0 bridgehead atoms. The van der Waals surface area contributed by atoms with Crippen LogP contribution >= 0.6 is 0 Å². The van der Waals surface area contributed by atoms with Gasteiger partial charge in [-0.05, 0) is 32.0 Å². The van der Waals surface area contributed by atoms with E-state index >= 15 is 0 Å². The van der Waals surface area contributed by atoms with E-state index in [9.17, 15) is 18.0 Å². The Labute approximate surface area is 133 Å². The van der Waals surface area contributed by atoms with E-state index in [0.29, 0.717) is 4.52 Å². The number of hydrogen-bond donors (Lipinski definition) is 1. The maximum Gasteiger partial charge on any atom is 0.433 e. The van der Waals surface area contributed by atoms with Gasteiger partial charge in [0.15, 0.2) is 11.5 Å². The molecule has 0 spiro atoms. The van der Waals surface area contributed by atoms with Gasteiger partial charge in [0.2, 0.25) is 5.82 Å². The van der Waals surface area contributed by atoms with Crippen LogP contribution in [0.5, 0.6) is 0 Å². The Balaban J connectivity index is 2.18. The SMILES string of the molecule is CC(C)NC(=O)c1nc2nc(-c3ccco3)cc(C(F)(F)F)n2n1. The second-order valence-electron chi connectivity index (χ2n) is 5.28. The number of nitrogens with one attached hydrogen (secondary N) is 1. The third-order valence-corrected chi connectivity index (χ3v) is 3.00. The molecule has 126 valence electrons.